The third-order valence-electron chi connectivity index (χ3n) is 5.08. The van der Waals surface area contributed by atoms with E-state index in [0.29, 0.717) is 17.0 Å². The van der Waals surface area contributed by atoms with Crippen LogP contribution in [0.5, 0.6) is 5.75 Å². The number of likely N-dealkylation sites (N-methyl/N-ethyl adjacent to an activating group) is 1. The summed E-state index contributed by atoms with van der Waals surface area (Å²) in [5.74, 6) is -0.181. The molecule has 0 fully saturated rings. The Morgan fingerprint density at radius 1 is 0.938 bits per heavy atom. The zero-order chi connectivity index (χ0) is 23.3. The lowest BCUT2D eigenvalue weighted by atomic mass is 10.2. The van der Waals surface area contributed by atoms with Crippen molar-refractivity contribution in [3.05, 3.63) is 89.7 Å². The number of hydrogen-bond acceptors (Lipinski definition) is 4. The Bertz CT molecular complexity index is 1160. The molecule has 0 radical (unpaired) electrons. The summed E-state index contributed by atoms with van der Waals surface area (Å²) < 4.78 is 46.3. The van der Waals surface area contributed by atoms with Crippen LogP contribution in [0.15, 0.2) is 77.7 Å². The lowest BCUT2D eigenvalue weighted by Crippen LogP contribution is -2.41. The summed E-state index contributed by atoms with van der Waals surface area (Å²) in [6, 6.07) is 18.8. The van der Waals surface area contributed by atoms with Crippen LogP contribution in [0.1, 0.15) is 11.1 Å². The summed E-state index contributed by atoms with van der Waals surface area (Å²) >= 11 is 0. The van der Waals surface area contributed by atoms with Crippen molar-refractivity contribution >= 4 is 21.6 Å². The molecule has 0 aliphatic rings. The molecule has 0 aromatic heterocycles. The summed E-state index contributed by atoms with van der Waals surface area (Å²) in [5.41, 5.74) is 2.09. The standard InChI is InChI=1S/C24H25FN2O4S/c1-18-4-14-23(15-5-18)32(29,30)27(16-19-6-8-20(25)9-7-19)17-24(28)26(2)21-10-12-22(31-3)13-11-21/h4-15H,16-17H2,1-3H3. The van der Waals surface area contributed by atoms with Gasteiger partial charge in [0, 0.05) is 19.3 Å². The minimum absolute atomic E-state index is 0.0708. The number of benzene rings is 3. The fourth-order valence-corrected chi connectivity index (χ4v) is 4.46. The van der Waals surface area contributed by atoms with Gasteiger partial charge in [0.2, 0.25) is 15.9 Å². The van der Waals surface area contributed by atoms with Crippen molar-refractivity contribution in [1.29, 1.82) is 0 Å². The Hall–Kier alpha value is -3.23. The number of aryl methyl sites for hydroxylation is 1. The monoisotopic (exact) mass is 456 g/mol. The van der Waals surface area contributed by atoms with Gasteiger partial charge in [-0.1, -0.05) is 29.8 Å². The number of rotatable bonds is 8. The molecule has 3 aromatic rings. The zero-order valence-electron chi connectivity index (χ0n) is 18.2. The lowest BCUT2D eigenvalue weighted by molar-refractivity contribution is -0.118. The first-order chi connectivity index (χ1) is 15.2. The van der Waals surface area contributed by atoms with Crippen LogP contribution in [0.3, 0.4) is 0 Å². The SMILES string of the molecule is COc1ccc(N(C)C(=O)CN(Cc2ccc(F)cc2)S(=O)(=O)c2ccc(C)cc2)cc1. The van der Waals surface area contributed by atoms with Gasteiger partial charge in [0.25, 0.3) is 0 Å². The minimum atomic E-state index is -3.98. The van der Waals surface area contributed by atoms with E-state index in [1.807, 2.05) is 6.92 Å². The van der Waals surface area contributed by atoms with Crippen molar-refractivity contribution in [3.8, 4) is 5.75 Å². The molecule has 3 aromatic carbocycles. The Morgan fingerprint density at radius 3 is 2.09 bits per heavy atom. The molecule has 168 valence electrons. The summed E-state index contributed by atoms with van der Waals surface area (Å²) in [6.07, 6.45) is 0. The first-order valence-corrected chi connectivity index (χ1v) is 11.4. The van der Waals surface area contributed by atoms with Gasteiger partial charge < -0.3 is 9.64 Å². The summed E-state index contributed by atoms with van der Waals surface area (Å²) in [6.45, 7) is 1.41. The van der Waals surface area contributed by atoms with Gasteiger partial charge in [-0.3, -0.25) is 4.79 Å². The van der Waals surface area contributed by atoms with Gasteiger partial charge in [-0.2, -0.15) is 4.31 Å². The van der Waals surface area contributed by atoms with E-state index in [1.54, 1.807) is 50.6 Å². The molecule has 3 rings (SSSR count). The number of halogens is 1. The molecule has 6 nitrogen and oxygen atoms in total. The molecule has 0 spiro atoms. The average Bonchev–Trinajstić information content (AvgIpc) is 2.79. The minimum Gasteiger partial charge on any atom is -0.497 e. The summed E-state index contributed by atoms with van der Waals surface area (Å²) in [5, 5.41) is 0. The highest BCUT2D eigenvalue weighted by Crippen LogP contribution is 2.22. The van der Waals surface area contributed by atoms with Gasteiger partial charge in [-0.05, 0) is 61.0 Å². The second kappa shape index (κ2) is 9.93. The highest BCUT2D eigenvalue weighted by Gasteiger charge is 2.28. The van der Waals surface area contributed by atoms with E-state index in [-0.39, 0.29) is 18.0 Å². The van der Waals surface area contributed by atoms with Crippen molar-refractivity contribution in [3.63, 3.8) is 0 Å². The van der Waals surface area contributed by atoms with E-state index in [0.717, 1.165) is 9.87 Å². The fraction of sp³-hybridized carbons (Fsp3) is 0.208. The van der Waals surface area contributed by atoms with E-state index in [1.165, 1.54) is 41.3 Å². The van der Waals surface area contributed by atoms with Crippen molar-refractivity contribution in [1.82, 2.24) is 4.31 Å². The van der Waals surface area contributed by atoms with Crippen LogP contribution in [0, 0.1) is 12.7 Å². The van der Waals surface area contributed by atoms with Crippen LogP contribution in [-0.2, 0) is 21.4 Å². The molecule has 1 amide bonds. The number of carbonyl (C=O) groups excluding carboxylic acids is 1. The molecular weight excluding hydrogens is 431 g/mol. The molecule has 0 aliphatic heterocycles. The zero-order valence-corrected chi connectivity index (χ0v) is 19.0. The molecule has 0 bridgehead atoms. The van der Waals surface area contributed by atoms with Crippen LogP contribution in [0.4, 0.5) is 10.1 Å². The Labute approximate surface area is 187 Å². The molecule has 0 unspecified atom stereocenters. The van der Waals surface area contributed by atoms with Crippen molar-refractivity contribution in [2.45, 2.75) is 18.4 Å². The quantitative estimate of drug-likeness (QED) is 0.514. The molecular formula is C24H25FN2O4S. The lowest BCUT2D eigenvalue weighted by Gasteiger charge is -2.25. The van der Waals surface area contributed by atoms with Gasteiger partial charge in [0.15, 0.2) is 0 Å². The predicted octanol–water partition coefficient (Wildman–Crippen LogP) is 4.00. The number of carbonyl (C=O) groups is 1. The third kappa shape index (κ3) is 5.52. The average molecular weight is 457 g/mol. The van der Waals surface area contributed by atoms with Crippen molar-refractivity contribution < 1.29 is 22.3 Å². The molecule has 0 N–H and O–H groups in total. The number of hydrogen-bond donors (Lipinski definition) is 0. The summed E-state index contributed by atoms with van der Waals surface area (Å²) in [7, 11) is -0.845. The number of ether oxygens (including phenoxy) is 1. The molecule has 32 heavy (non-hydrogen) atoms. The molecule has 0 atom stereocenters. The molecule has 8 heteroatoms. The Kier molecular flexibility index (Phi) is 7.27. The maximum absolute atomic E-state index is 13.4. The van der Waals surface area contributed by atoms with Gasteiger partial charge >= 0.3 is 0 Å². The Morgan fingerprint density at radius 2 is 1.53 bits per heavy atom. The maximum atomic E-state index is 13.4. The van der Waals surface area contributed by atoms with Crippen LogP contribution < -0.4 is 9.64 Å². The fourth-order valence-electron chi connectivity index (χ4n) is 3.09. The molecule has 0 heterocycles. The number of methoxy groups -OCH3 is 1. The van der Waals surface area contributed by atoms with Crippen molar-refractivity contribution in [2.75, 3.05) is 25.6 Å². The number of nitrogens with zero attached hydrogens (tertiary/aromatic N) is 2. The molecule has 0 saturated carbocycles. The van der Waals surface area contributed by atoms with Gasteiger partial charge in [0.05, 0.1) is 18.6 Å². The number of amides is 1. The van der Waals surface area contributed by atoms with E-state index in [9.17, 15) is 17.6 Å². The second-order valence-electron chi connectivity index (χ2n) is 7.36. The van der Waals surface area contributed by atoms with Gasteiger partial charge in [0.1, 0.15) is 11.6 Å². The highest BCUT2D eigenvalue weighted by molar-refractivity contribution is 7.89. The molecule has 0 saturated heterocycles. The van der Waals surface area contributed by atoms with Crippen LogP contribution >= 0.6 is 0 Å². The topological polar surface area (TPSA) is 66.9 Å². The maximum Gasteiger partial charge on any atom is 0.243 e. The third-order valence-corrected chi connectivity index (χ3v) is 6.88. The van der Waals surface area contributed by atoms with Gasteiger partial charge in [-0.15, -0.1) is 0 Å². The number of sulfonamides is 1. The van der Waals surface area contributed by atoms with Crippen LogP contribution in [-0.4, -0.2) is 39.3 Å². The first kappa shape index (κ1) is 23.4. The van der Waals surface area contributed by atoms with Gasteiger partial charge in [-0.25, -0.2) is 12.8 Å². The molecule has 0 aliphatic carbocycles. The van der Waals surface area contributed by atoms with Crippen LogP contribution in [0.2, 0.25) is 0 Å². The van der Waals surface area contributed by atoms with Crippen LogP contribution in [0.25, 0.3) is 0 Å². The normalized spacial score (nSPS) is 11.4. The van der Waals surface area contributed by atoms with Crippen molar-refractivity contribution in [2.24, 2.45) is 0 Å². The smallest absolute Gasteiger partial charge is 0.243 e. The second-order valence-corrected chi connectivity index (χ2v) is 9.30. The van der Waals surface area contributed by atoms with E-state index >= 15 is 0 Å². The Balaban J connectivity index is 1.89. The van der Waals surface area contributed by atoms with E-state index < -0.39 is 21.7 Å². The first-order valence-electron chi connectivity index (χ1n) is 9.92. The predicted molar refractivity (Wildman–Crippen MR) is 122 cm³/mol. The largest absolute Gasteiger partial charge is 0.497 e. The number of anilines is 1. The van der Waals surface area contributed by atoms with E-state index in [2.05, 4.69) is 0 Å². The van der Waals surface area contributed by atoms with E-state index in [4.69, 9.17) is 4.74 Å². The summed E-state index contributed by atoms with van der Waals surface area (Å²) in [4.78, 5) is 14.5. The highest BCUT2D eigenvalue weighted by atomic mass is 32.2.